The number of unbranched alkanes of at least 4 members (excludes halogenated alkanes) is 1. The van der Waals surface area contributed by atoms with Crippen molar-refractivity contribution >= 4 is 5.97 Å². The fourth-order valence-corrected chi connectivity index (χ4v) is 2.33. The van der Waals surface area contributed by atoms with Gasteiger partial charge in [-0.05, 0) is 12.0 Å². The Labute approximate surface area is 96.6 Å². The van der Waals surface area contributed by atoms with E-state index in [2.05, 4.69) is 19.1 Å². The largest absolute Gasteiger partial charge is 0.465 e. The van der Waals surface area contributed by atoms with Crippen LogP contribution in [0.25, 0.3) is 0 Å². The topological polar surface area (TPSA) is 26.3 Å². The van der Waals surface area contributed by atoms with Crippen LogP contribution in [0, 0.1) is 5.92 Å². The zero-order valence-electron chi connectivity index (χ0n) is 9.69. The van der Waals surface area contributed by atoms with Crippen LogP contribution in [0.5, 0.6) is 0 Å². The Morgan fingerprint density at radius 2 is 2.06 bits per heavy atom. The highest BCUT2D eigenvalue weighted by atomic mass is 16.5. The summed E-state index contributed by atoms with van der Waals surface area (Å²) < 4.78 is 5.19. The van der Waals surface area contributed by atoms with E-state index < -0.39 is 0 Å². The lowest BCUT2D eigenvalue weighted by atomic mass is 9.85. The summed E-state index contributed by atoms with van der Waals surface area (Å²) in [4.78, 5) is 11.6. The maximum absolute atomic E-state index is 11.6. The van der Waals surface area contributed by atoms with Crippen molar-refractivity contribution in [3.63, 3.8) is 0 Å². The molecule has 1 aliphatic rings. The van der Waals surface area contributed by atoms with E-state index in [1.807, 2.05) is 18.2 Å². The number of esters is 1. The molecule has 0 bridgehead atoms. The molecule has 2 nitrogen and oxygen atoms in total. The fourth-order valence-electron chi connectivity index (χ4n) is 2.33. The molecule has 0 N–H and O–H groups in total. The highest BCUT2D eigenvalue weighted by molar-refractivity contribution is 5.76. The predicted molar refractivity (Wildman–Crippen MR) is 63.2 cm³/mol. The summed E-state index contributed by atoms with van der Waals surface area (Å²) in [5.74, 6) is 0.324. The lowest BCUT2D eigenvalue weighted by Gasteiger charge is -2.14. The molecule has 0 saturated carbocycles. The molecule has 1 fully saturated rings. The van der Waals surface area contributed by atoms with Crippen molar-refractivity contribution in [3.05, 3.63) is 35.9 Å². The molecule has 0 unspecified atom stereocenters. The number of benzene rings is 1. The van der Waals surface area contributed by atoms with Gasteiger partial charge in [-0.25, -0.2) is 0 Å². The second-order valence-corrected chi connectivity index (χ2v) is 4.40. The van der Waals surface area contributed by atoms with E-state index in [1.54, 1.807) is 0 Å². The van der Waals surface area contributed by atoms with E-state index in [0.717, 1.165) is 19.3 Å². The Hall–Kier alpha value is -1.31. The quantitative estimate of drug-likeness (QED) is 0.726. The van der Waals surface area contributed by atoms with Crippen molar-refractivity contribution in [2.45, 2.75) is 32.1 Å². The lowest BCUT2D eigenvalue weighted by molar-refractivity contribution is -0.141. The van der Waals surface area contributed by atoms with Crippen LogP contribution in [-0.4, -0.2) is 12.6 Å². The first-order valence-corrected chi connectivity index (χ1v) is 6.04. The van der Waals surface area contributed by atoms with E-state index in [4.69, 9.17) is 4.74 Å². The SMILES string of the molecule is CCCC[C@H]1C(=O)OC[C@H]1c1ccccc1. The van der Waals surface area contributed by atoms with Crippen LogP contribution in [-0.2, 0) is 9.53 Å². The number of ether oxygens (including phenoxy) is 1. The van der Waals surface area contributed by atoms with Crippen LogP contribution in [0.2, 0.25) is 0 Å². The summed E-state index contributed by atoms with van der Waals surface area (Å²) in [6.07, 6.45) is 3.18. The smallest absolute Gasteiger partial charge is 0.309 e. The molecule has 2 atom stereocenters. The summed E-state index contributed by atoms with van der Waals surface area (Å²) in [5, 5.41) is 0. The zero-order chi connectivity index (χ0) is 11.4. The molecule has 1 aromatic rings. The molecule has 0 spiro atoms. The number of carbonyl (C=O) groups excluding carboxylic acids is 1. The first-order chi connectivity index (χ1) is 7.83. The van der Waals surface area contributed by atoms with Crippen LogP contribution < -0.4 is 0 Å². The molecular formula is C14H18O2. The monoisotopic (exact) mass is 218 g/mol. The fraction of sp³-hybridized carbons (Fsp3) is 0.500. The maximum atomic E-state index is 11.6. The van der Waals surface area contributed by atoms with E-state index in [1.165, 1.54) is 5.56 Å². The molecule has 0 amide bonds. The van der Waals surface area contributed by atoms with Crippen LogP contribution in [0.15, 0.2) is 30.3 Å². The standard InChI is InChI=1S/C14H18O2/c1-2-3-9-12-13(10-16-14(12)15)11-7-5-4-6-8-11/h4-8,12-13H,2-3,9-10H2,1H3/t12-,13+/m1/s1. The minimum atomic E-state index is -0.0118. The van der Waals surface area contributed by atoms with Crippen molar-refractivity contribution in [2.24, 2.45) is 5.92 Å². The molecular weight excluding hydrogens is 200 g/mol. The molecule has 0 aliphatic carbocycles. The maximum Gasteiger partial charge on any atom is 0.309 e. The summed E-state index contributed by atoms with van der Waals surface area (Å²) >= 11 is 0. The van der Waals surface area contributed by atoms with Gasteiger partial charge < -0.3 is 4.74 Å². The van der Waals surface area contributed by atoms with Gasteiger partial charge in [0.05, 0.1) is 12.5 Å². The molecule has 1 aromatic carbocycles. The third-order valence-electron chi connectivity index (χ3n) is 3.29. The number of hydrogen-bond acceptors (Lipinski definition) is 2. The molecule has 2 heteroatoms. The van der Waals surface area contributed by atoms with Crippen LogP contribution in [0.1, 0.15) is 37.7 Å². The minimum absolute atomic E-state index is 0.0118. The molecule has 16 heavy (non-hydrogen) atoms. The molecule has 1 aliphatic heterocycles. The van der Waals surface area contributed by atoms with Crippen molar-refractivity contribution in [3.8, 4) is 0 Å². The van der Waals surface area contributed by atoms with Crippen LogP contribution in [0.4, 0.5) is 0 Å². The Bertz CT molecular complexity index is 345. The van der Waals surface area contributed by atoms with Gasteiger partial charge in [0.15, 0.2) is 0 Å². The Kier molecular flexibility index (Phi) is 3.60. The molecule has 0 aromatic heterocycles. The summed E-state index contributed by atoms with van der Waals surface area (Å²) in [6, 6.07) is 10.2. The van der Waals surface area contributed by atoms with E-state index in [0.29, 0.717) is 6.61 Å². The van der Waals surface area contributed by atoms with Crippen molar-refractivity contribution in [1.29, 1.82) is 0 Å². The average Bonchev–Trinajstić information content (AvgIpc) is 2.69. The second-order valence-electron chi connectivity index (χ2n) is 4.40. The van der Waals surface area contributed by atoms with E-state index in [9.17, 15) is 4.79 Å². The van der Waals surface area contributed by atoms with Crippen molar-refractivity contribution in [2.75, 3.05) is 6.61 Å². The average molecular weight is 218 g/mol. The summed E-state index contributed by atoms with van der Waals surface area (Å²) in [5.41, 5.74) is 1.23. The zero-order valence-corrected chi connectivity index (χ0v) is 9.69. The van der Waals surface area contributed by atoms with E-state index >= 15 is 0 Å². The third-order valence-corrected chi connectivity index (χ3v) is 3.29. The highest BCUT2D eigenvalue weighted by Crippen LogP contribution is 2.34. The molecule has 1 heterocycles. The van der Waals surface area contributed by atoms with Gasteiger partial charge >= 0.3 is 5.97 Å². The lowest BCUT2D eigenvalue weighted by Crippen LogP contribution is -2.14. The molecule has 2 rings (SSSR count). The summed E-state index contributed by atoms with van der Waals surface area (Å²) in [7, 11) is 0. The van der Waals surface area contributed by atoms with Crippen molar-refractivity contribution < 1.29 is 9.53 Å². The third kappa shape index (κ3) is 2.26. The van der Waals surface area contributed by atoms with Gasteiger partial charge in [-0.2, -0.15) is 0 Å². The van der Waals surface area contributed by atoms with Crippen LogP contribution in [0.3, 0.4) is 0 Å². The highest BCUT2D eigenvalue weighted by Gasteiger charge is 2.36. The van der Waals surface area contributed by atoms with Gasteiger partial charge in [-0.15, -0.1) is 0 Å². The number of cyclic esters (lactones) is 1. The Morgan fingerprint density at radius 1 is 1.31 bits per heavy atom. The summed E-state index contributed by atoms with van der Waals surface area (Å²) in [6.45, 7) is 2.70. The molecule has 1 saturated heterocycles. The number of hydrogen-bond donors (Lipinski definition) is 0. The van der Waals surface area contributed by atoms with Crippen LogP contribution >= 0.6 is 0 Å². The first-order valence-electron chi connectivity index (χ1n) is 6.04. The molecule has 86 valence electrons. The predicted octanol–water partition coefficient (Wildman–Crippen LogP) is 3.13. The Morgan fingerprint density at radius 3 is 2.75 bits per heavy atom. The van der Waals surface area contributed by atoms with Gasteiger partial charge in [0, 0.05) is 5.92 Å². The number of carbonyl (C=O) groups is 1. The van der Waals surface area contributed by atoms with Gasteiger partial charge in [-0.3, -0.25) is 4.79 Å². The van der Waals surface area contributed by atoms with Gasteiger partial charge in [0.1, 0.15) is 0 Å². The van der Waals surface area contributed by atoms with E-state index in [-0.39, 0.29) is 17.8 Å². The number of rotatable bonds is 4. The Balaban J connectivity index is 2.11. The van der Waals surface area contributed by atoms with Gasteiger partial charge in [-0.1, -0.05) is 50.1 Å². The van der Waals surface area contributed by atoms with Gasteiger partial charge in [0.25, 0.3) is 0 Å². The van der Waals surface area contributed by atoms with Gasteiger partial charge in [0.2, 0.25) is 0 Å². The first kappa shape index (κ1) is 11.2. The molecule has 0 radical (unpaired) electrons. The van der Waals surface area contributed by atoms with Crippen molar-refractivity contribution in [1.82, 2.24) is 0 Å². The normalized spacial score (nSPS) is 24.4. The second kappa shape index (κ2) is 5.15. The minimum Gasteiger partial charge on any atom is -0.465 e.